The van der Waals surface area contributed by atoms with Gasteiger partial charge in [0, 0.05) is 6.92 Å². The van der Waals surface area contributed by atoms with Crippen LogP contribution in [0.2, 0.25) is 0 Å². The molecule has 2 fully saturated rings. The van der Waals surface area contributed by atoms with Crippen LogP contribution in [-0.2, 0) is 23.7 Å². The molecule has 6 heteroatoms. The Morgan fingerprint density at radius 1 is 1.44 bits per heavy atom. The number of hydrogen-bond donors (Lipinski definition) is 1. The lowest BCUT2D eigenvalue weighted by Gasteiger charge is -2.24. The van der Waals surface area contributed by atoms with Crippen molar-refractivity contribution in [2.75, 3.05) is 6.61 Å². The second-order valence-corrected chi connectivity index (χ2v) is 4.40. The van der Waals surface area contributed by atoms with E-state index in [2.05, 4.69) is 0 Å². The second-order valence-electron chi connectivity index (χ2n) is 4.40. The average Bonchev–Trinajstić information content (AvgIpc) is 2.59. The highest BCUT2D eigenvalue weighted by molar-refractivity contribution is 5.66. The number of carbonyl (C=O) groups excluding carboxylic acids is 1. The van der Waals surface area contributed by atoms with Crippen LogP contribution in [-0.4, -0.2) is 48.1 Å². The van der Waals surface area contributed by atoms with E-state index in [-0.39, 0.29) is 6.61 Å². The van der Waals surface area contributed by atoms with E-state index in [1.54, 1.807) is 13.8 Å². The third-order valence-electron chi connectivity index (χ3n) is 2.57. The maximum atomic E-state index is 11.0. The number of aliphatic hydroxyl groups excluding tert-OH is 1. The first kappa shape index (κ1) is 11.8. The molecular weight excluding hydrogens is 216 g/mol. The Bertz CT molecular complexity index is 289. The molecule has 0 aromatic rings. The third-order valence-corrected chi connectivity index (χ3v) is 2.57. The van der Waals surface area contributed by atoms with E-state index in [1.165, 1.54) is 6.92 Å². The molecule has 2 rings (SSSR count). The number of hydrogen-bond acceptors (Lipinski definition) is 6. The summed E-state index contributed by atoms with van der Waals surface area (Å²) < 4.78 is 21.6. The summed E-state index contributed by atoms with van der Waals surface area (Å²) in [5.74, 6) is -1.19. The minimum absolute atomic E-state index is 0.238. The van der Waals surface area contributed by atoms with Crippen molar-refractivity contribution >= 4 is 5.97 Å². The lowest BCUT2D eigenvalue weighted by molar-refractivity contribution is -0.221. The fourth-order valence-electron chi connectivity index (χ4n) is 2.03. The third kappa shape index (κ3) is 2.06. The maximum Gasteiger partial charge on any atom is 0.303 e. The SMILES string of the molecule is CC(=O)OC1[C@@H](CO)O[C@H]2OC(C)(C)O[C@@H]12. The van der Waals surface area contributed by atoms with Crippen LogP contribution in [0.3, 0.4) is 0 Å². The minimum atomic E-state index is -0.756. The fraction of sp³-hybridized carbons (Fsp3) is 0.900. The van der Waals surface area contributed by atoms with E-state index in [0.717, 1.165) is 0 Å². The first-order valence-corrected chi connectivity index (χ1v) is 5.22. The Labute approximate surface area is 93.4 Å². The summed E-state index contributed by atoms with van der Waals surface area (Å²) in [6.07, 6.45) is -2.27. The molecule has 4 atom stereocenters. The average molecular weight is 232 g/mol. The molecule has 0 bridgehead atoms. The van der Waals surface area contributed by atoms with E-state index < -0.39 is 36.4 Å². The van der Waals surface area contributed by atoms with Crippen LogP contribution < -0.4 is 0 Å². The lowest BCUT2D eigenvalue weighted by atomic mass is 10.1. The van der Waals surface area contributed by atoms with Crippen LogP contribution >= 0.6 is 0 Å². The van der Waals surface area contributed by atoms with Crippen molar-refractivity contribution in [2.24, 2.45) is 0 Å². The minimum Gasteiger partial charge on any atom is -0.457 e. The molecule has 0 radical (unpaired) electrons. The summed E-state index contributed by atoms with van der Waals surface area (Å²) >= 11 is 0. The van der Waals surface area contributed by atoms with Gasteiger partial charge in [0.25, 0.3) is 0 Å². The predicted octanol–water partition coefficient (Wildman–Crippen LogP) is -0.213. The van der Waals surface area contributed by atoms with E-state index in [1.807, 2.05) is 0 Å². The van der Waals surface area contributed by atoms with Crippen molar-refractivity contribution in [1.82, 2.24) is 0 Å². The van der Waals surface area contributed by atoms with Crippen LogP contribution in [0.25, 0.3) is 0 Å². The molecule has 6 nitrogen and oxygen atoms in total. The van der Waals surface area contributed by atoms with Gasteiger partial charge in [0.1, 0.15) is 6.10 Å². The number of ether oxygens (including phenoxy) is 4. The Kier molecular flexibility index (Phi) is 2.91. The molecule has 2 saturated heterocycles. The molecule has 16 heavy (non-hydrogen) atoms. The molecule has 2 aliphatic rings. The molecule has 0 aromatic heterocycles. The molecule has 0 amide bonds. The Morgan fingerprint density at radius 3 is 2.69 bits per heavy atom. The van der Waals surface area contributed by atoms with Gasteiger partial charge in [0.05, 0.1) is 6.61 Å². The standard InChI is InChI=1S/C10H16O6/c1-5(12)13-7-6(4-11)14-9-8(7)15-10(2,3)16-9/h6-9,11H,4H2,1-3H3/t6-,7?,8+,9+/m1/s1. The summed E-state index contributed by atoms with van der Waals surface area (Å²) in [5.41, 5.74) is 0. The fourth-order valence-corrected chi connectivity index (χ4v) is 2.03. The van der Waals surface area contributed by atoms with E-state index >= 15 is 0 Å². The van der Waals surface area contributed by atoms with Gasteiger partial charge < -0.3 is 24.1 Å². The summed E-state index contributed by atoms with van der Waals surface area (Å²) in [5, 5.41) is 9.11. The molecule has 0 saturated carbocycles. The molecular formula is C10H16O6. The molecule has 1 unspecified atom stereocenters. The molecule has 92 valence electrons. The Balaban J connectivity index is 2.10. The van der Waals surface area contributed by atoms with Gasteiger partial charge in [-0.25, -0.2) is 0 Å². The molecule has 0 spiro atoms. The molecule has 1 N–H and O–H groups in total. The highest BCUT2D eigenvalue weighted by Gasteiger charge is 2.56. The van der Waals surface area contributed by atoms with Crippen LogP contribution in [0.5, 0.6) is 0 Å². The summed E-state index contributed by atoms with van der Waals surface area (Å²) in [6, 6.07) is 0. The van der Waals surface area contributed by atoms with E-state index in [0.29, 0.717) is 0 Å². The highest BCUT2D eigenvalue weighted by atomic mass is 16.8. The van der Waals surface area contributed by atoms with Crippen molar-refractivity contribution in [3.8, 4) is 0 Å². The van der Waals surface area contributed by atoms with Crippen LogP contribution in [0.15, 0.2) is 0 Å². The number of carbonyl (C=O) groups is 1. The van der Waals surface area contributed by atoms with Crippen molar-refractivity contribution < 1.29 is 28.8 Å². The number of esters is 1. The maximum absolute atomic E-state index is 11.0. The van der Waals surface area contributed by atoms with E-state index in [4.69, 9.17) is 24.1 Å². The molecule has 2 heterocycles. The second kappa shape index (κ2) is 3.96. The van der Waals surface area contributed by atoms with Gasteiger partial charge in [-0.3, -0.25) is 4.79 Å². The Hall–Kier alpha value is -0.690. The van der Waals surface area contributed by atoms with Crippen LogP contribution in [0.4, 0.5) is 0 Å². The van der Waals surface area contributed by atoms with Gasteiger partial charge in [-0.05, 0) is 13.8 Å². The van der Waals surface area contributed by atoms with Crippen molar-refractivity contribution in [3.63, 3.8) is 0 Å². The Morgan fingerprint density at radius 2 is 2.12 bits per heavy atom. The summed E-state index contributed by atoms with van der Waals surface area (Å²) in [6.45, 7) is 4.59. The monoisotopic (exact) mass is 232 g/mol. The van der Waals surface area contributed by atoms with Gasteiger partial charge in [-0.2, -0.15) is 0 Å². The van der Waals surface area contributed by atoms with Crippen molar-refractivity contribution in [2.45, 2.75) is 51.2 Å². The molecule has 0 aliphatic carbocycles. The van der Waals surface area contributed by atoms with Gasteiger partial charge in [-0.15, -0.1) is 0 Å². The van der Waals surface area contributed by atoms with Crippen molar-refractivity contribution in [3.05, 3.63) is 0 Å². The predicted molar refractivity (Wildman–Crippen MR) is 51.3 cm³/mol. The van der Waals surface area contributed by atoms with Gasteiger partial charge in [-0.1, -0.05) is 0 Å². The smallest absolute Gasteiger partial charge is 0.303 e. The quantitative estimate of drug-likeness (QED) is 0.664. The highest BCUT2D eigenvalue weighted by Crippen LogP contribution is 2.38. The number of fused-ring (bicyclic) bond motifs is 1. The van der Waals surface area contributed by atoms with E-state index in [9.17, 15) is 4.79 Å². The zero-order valence-electron chi connectivity index (χ0n) is 9.50. The largest absolute Gasteiger partial charge is 0.457 e. The molecule has 2 aliphatic heterocycles. The number of aliphatic hydroxyl groups is 1. The topological polar surface area (TPSA) is 74.2 Å². The number of rotatable bonds is 2. The first-order chi connectivity index (χ1) is 7.43. The lowest BCUT2D eigenvalue weighted by Crippen LogP contribution is -2.39. The van der Waals surface area contributed by atoms with Crippen LogP contribution in [0.1, 0.15) is 20.8 Å². The molecule has 0 aromatic carbocycles. The zero-order chi connectivity index (χ0) is 11.9. The van der Waals surface area contributed by atoms with Crippen molar-refractivity contribution in [1.29, 1.82) is 0 Å². The zero-order valence-corrected chi connectivity index (χ0v) is 9.50. The van der Waals surface area contributed by atoms with Gasteiger partial charge >= 0.3 is 5.97 Å². The first-order valence-electron chi connectivity index (χ1n) is 5.22. The van der Waals surface area contributed by atoms with Gasteiger partial charge in [0.15, 0.2) is 24.3 Å². The van der Waals surface area contributed by atoms with Gasteiger partial charge in [0.2, 0.25) is 0 Å². The summed E-state index contributed by atoms with van der Waals surface area (Å²) in [4.78, 5) is 11.0. The normalized spacial score (nSPS) is 40.8. The van der Waals surface area contributed by atoms with Crippen LogP contribution in [0, 0.1) is 0 Å². The summed E-state index contributed by atoms with van der Waals surface area (Å²) in [7, 11) is 0.